The summed E-state index contributed by atoms with van der Waals surface area (Å²) in [5.74, 6) is -2.40. The van der Waals surface area contributed by atoms with E-state index in [0.29, 0.717) is 11.3 Å². The van der Waals surface area contributed by atoms with Gasteiger partial charge in [-0.1, -0.05) is 46.9 Å². The van der Waals surface area contributed by atoms with E-state index in [-0.39, 0.29) is 43.5 Å². The highest BCUT2D eigenvalue weighted by atomic mass is 35.5. The van der Waals surface area contributed by atoms with Gasteiger partial charge in [-0.05, 0) is 60.9 Å². The van der Waals surface area contributed by atoms with Crippen LogP contribution in [0, 0.1) is 13.8 Å². The Bertz CT molecular complexity index is 1460. The molecule has 2 N–H and O–H groups in total. The second-order valence-corrected chi connectivity index (χ2v) is 9.70. The number of ether oxygens (including phenoxy) is 2. The number of phenols is 1. The third-order valence-corrected chi connectivity index (χ3v) is 6.94. The number of Topliss-reactive ketones (excluding diaryl/α,β-unsaturated/α-hetero) is 1. The number of methoxy groups -OCH3 is 2. The van der Waals surface area contributed by atoms with Crippen LogP contribution in [-0.4, -0.2) is 36.1 Å². The molecule has 1 aliphatic rings. The van der Waals surface area contributed by atoms with Crippen molar-refractivity contribution in [2.45, 2.75) is 19.9 Å². The molecule has 0 aromatic heterocycles. The van der Waals surface area contributed by atoms with Crippen molar-refractivity contribution in [2.24, 2.45) is 0 Å². The van der Waals surface area contributed by atoms with Crippen LogP contribution in [0.4, 0.5) is 5.69 Å². The van der Waals surface area contributed by atoms with Crippen LogP contribution in [0.15, 0.2) is 48.0 Å². The number of ketones is 1. The molecule has 37 heavy (non-hydrogen) atoms. The first-order valence-corrected chi connectivity index (χ1v) is 12.1. The number of halogens is 3. The molecule has 1 atom stereocenters. The second-order valence-electron chi connectivity index (χ2n) is 8.51. The molecule has 1 unspecified atom stereocenters. The smallest absolute Gasteiger partial charge is 0.300 e. The van der Waals surface area contributed by atoms with Gasteiger partial charge in [0.15, 0.2) is 11.5 Å². The van der Waals surface area contributed by atoms with Crippen LogP contribution in [0.2, 0.25) is 15.1 Å². The van der Waals surface area contributed by atoms with Gasteiger partial charge in [0.1, 0.15) is 16.5 Å². The van der Waals surface area contributed by atoms with Crippen LogP contribution in [0.25, 0.3) is 5.76 Å². The van der Waals surface area contributed by atoms with Gasteiger partial charge in [0.05, 0.1) is 41.4 Å². The molecule has 7 nitrogen and oxygen atoms in total. The topological polar surface area (TPSA) is 96.3 Å². The SMILES string of the molecule is COc1c(Cl)cc(/C(O)=C2\C(=O)C(=O)N(c3cc(C)cc(C)c3)C2c2ccc(O)c(Cl)c2)c(OC)c1Cl. The van der Waals surface area contributed by atoms with Crippen LogP contribution in [0.1, 0.15) is 28.3 Å². The van der Waals surface area contributed by atoms with E-state index in [4.69, 9.17) is 44.3 Å². The average molecular weight is 563 g/mol. The molecule has 3 aromatic rings. The van der Waals surface area contributed by atoms with Crippen molar-refractivity contribution in [2.75, 3.05) is 19.1 Å². The lowest BCUT2D eigenvalue weighted by Gasteiger charge is -2.26. The molecule has 0 bridgehead atoms. The minimum atomic E-state index is -1.09. The monoisotopic (exact) mass is 561 g/mol. The highest BCUT2D eigenvalue weighted by Crippen LogP contribution is 2.48. The minimum Gasteiger partial charge on any atom is -0.507 e. The van der Waals surface area contributed by atoms with Crippen molar-refractivity contribution in [3.63, 3.8) is 0 Å². The first-order valence-electron chi connectivity index (χ1n) is 11.0. The van der Waals surface area contributed by atoms with Crippen molar-refractivity contribution in [3.05, 3.63) is 85.4 Å². The Labute approximate surface area is 228 Å². The van der Waals surface area contributed by atoms with Crippen molar-refractivity contribution in [1.29, 1.82) is 0 Å². The Balaban J connectivity index is 2.05. The number of aromatic hydroxyl groups is 1. The minimum absolute atomic E-state index is 0.000467. The number of carbonyl (C=O) groups excluding carboxylic acids is 2. The number of aryl methyl sites for hydroxylation is 2. The zero-order valence-corrected chi connectivity index (χ0v) is 22.5. The molecule has 1 fully saturated rings. The van der Waals surface area contributed by atoms with Crippen LogP contribution in [-0.2, 0) is 9.59 Å². The van der Waals surface area contributed by atoms with Gasteiger partial charge in [-0.25, -0.2) is 0 Å². The molecule has 1 heterocycles. The molecular formula is C27H22Cl3NO6. The summed E-state index contributed by atoms with van der Waals surface area (Å²) in [5.41, 5.74) is 2.33. The molecule has 1 amide bonds. The van der Waals surface area contributed by atoms with Crippen LogP contribution < -0.4 is 14.4 Å². The first kappa shape index (κ1) is 26.7. The van der Waals surface area contributed by atoms with E-state index in [1.807, 2.05) is 19.9 Å². The van der Waals surface area contributed by atoms with Gasteiger partial charge in [-0.3, -0.25) is 14.5 Å². The van der Waals surface area contributed by atoms with Gasteiger partial charge in [0.2, 0.25) is 0 Å². The van der Waals surface area contributed by atoms with Gasteiger partial charge < -0.3 is 19.7 Å². The summed E-state index contributed by atoms with van der Waals surface area (Å²) in [6, 6.07) is 9.99. The number of anilines is 1. The van der Waals surface area contributed by atoms with E-state index in [0.717, 1.165) is 11.1 Å². The first-order chi connectivity index (χ1) is 17.5. The number of benzene rings is 3. The average Bonchev–Trinajstić information content (AvgIpc) is 3.10. The van der Waals surface area contributed by atoms with Gasteiger partial charge in [-0.15, -0.1) is 0 Å². The zero-order valence-electron chi connectivity index (χ0n) is 20.2. The predicted octanol–water partition coefficient (Wildman–Crippen LogP) is 6.61. The summed E-state index contributed by atoms with van der Waals surface area (Å²) in [5, 5.41) is 21.5. The lowest BCUT2D eigenvalue weighted by molar-refractivity contribution is -0.132. The number of carbonyl (C=O) groups is 2. The second kappa shape index (κ2) is 10.2. The molecule has 10 heteroatoms. The molecule has 1 saturated heterocycles. The van der Waals surface area contributed by atoms with E-state index in [1.165, 1.54) is 43.4 Å². The van der Waals surface area contributed by atoms with Gasteiger partial charge in [-0.2, -0.15) is 0 Å². The van der Waals surface area contributed by atoms with Crippen molar-refractivity contribution in [1.82, 2.24) is 0 Å². The molecule has 0 saturated carbocycles. The largest absolute Gasteiger partial charge is 0.507 e. The van der Waals surface area contributed by atoms with Crippen LogP contribution in [0.5, 0.6) is 17.2 Å². The Kier molecular flexibility index (Phi) is 7.33. The molecule has 3 aromatic carbocycles. The number of aliphatic hydroxyl groups is 1. The third kappa shape index (κ3) is 4.59. The van der Waals surface area contributed by atoms with E-state index in [2.05, 4.69) is 0 Å². The highest BCUT2D eigenvalue weighted by molar-refractivity contribution is 6.52. The fraction of sp³-hybridized carbons (Fsp3) is 0.185. The zero-order chi connectivity index (χ0) is 27.2. The summed E-state index contributed by atoms with van der Waals surface area (Å²) in [6.07, 6.45) is 0. The Morgan fingerprint density at radius 2 is 1.51 bits per heavy atom. The number of hydrogen-bond acceptors (Lipinski definition) is 6. The van der Waals surface area contributed by atoms with Gasteiger partial charge >= 0.3 is 0 Å². The Morgan fingerprint density at radius 3 is 2.08 bits per heavy atom. The van der Waals surface area contributed by atoms with Crippen LogP contribution >= 0.6 is 34.8 Å². The Morgan fingerprint density at radius 1 is 0.892 bits per heavy atom. The van der Waals surface area contributed by atoms with E-state index in [9.17, 15) is 19.8 Å². The summed E-state index contributed by atoms with van der Waals surface area (Å²) in [6.45, 7) is 3.73. The lowest BCUT2D eigenvalue weighted by Crippen LogP contribution is -2.29. The molecular weight excluding hydrogens is 541 g/mol. The van der Waals surface area contributed by atoms with Crippen molar-refractivity contribution < 1.29 is 29.3 Å². The number of phenolic OH excluding ortho intramolecular Hbond substituents is 1. The molecule has 4 rings (SSSR count). The quantitative estimate of drug-likeness (QED) is 0.206. The number of amides is 1. The molecule has 0 aliphatic carbocycles. The molecule has 192 valence electrons. The lowest BCUT2D eigenvalue weighted by atomic mass is 9.94. The summed E-state index contributed by atoms with van der Waals surface area (Å²) in [4.78, 5) is 28.2. The summed E-state index contributed by atoms with van der Waals surface area (Å²) < 4.78 is 10.6. The number of hydrogen-bond donors (Lipinski definition) is 2. The maximum Gasteiger partial charge on any atom is 0.300 e. The van der Waals surface area contributed by atoms with E-state index in [1.54, 1.807) is 12.1 Å². The number of nitrogens with zero attached hydrogens (tertiary/aromatic N) is 1. The van der Waals surface area contributed by atoms with Gasteiger partial charge in [0.25, 0.3) is 11.7 Å². The third-order valence-electron chi connectivity index (χ3n) is 6.01. The maximum absolute atomic E-state index is 13.5. The standard InChI is InChI=1S/C27H22Cl3NO6/c1-12-7-13(2)9-15(8-12)31-22(14-5-6-19(32)17(28)10-14)20(24(34)27(31)35)23(33)16-11-18(29)26(37-4)21(30)25(16)36-3/h5-11,22,32-33H,1-4H3/b23-20+. The normalized spacial score (nSPS) is 16.8. The van der Waals surface area contributed by atoms with Crippen molar-refractivity contribution in [3.8, 4) is 17.2 Å². The molecule has 1 aliphatic heterocycles. The molecule has 0 spiro atoms. The molecule has 0 radical (unpaired) electrons. The predicted molar refractivity (Wildman–Crippen MR) is 143 cm³/mol. The number of aliphatic hydroxyl groups excluding tert-OH is 1. The summed E-state index contributed by atoms with van der Waals surface area (Å²) in [7, 11) is 2.70. The summed E-state index contributed by atoms with van der Waals surface area (Å²) >= 11 is 18.9. The number of rotatable bonds is 5. The van der Waals surface area contributed by atoms with E-state index < -0.39 is 23.5 Å². The fourth-order valence-electron chi connectivity index (χ4n) is 4.49. The van der Waals surface area contributed by atoms with E-state index >= 15 is 0 Å². The maximum atomic E-state index is 13.5. The Hall–Kier alpha value is -3.39. The van der Waals surface area contributed by atoms with Crippen LogP contribution in [0.3, 0.4) is 0 Å². The van der Waals surface area contributed by atoms with Crippen molar-refractivity contribution >= 4 is 57.9 Å². The van der Waals surface area contributed by atoms with Gasteiger partial charge in [0, 0.05) is 5.69 Å². The highest BCUT2D eigenvalue weighted by Gasteiger charge is 2.47. The fourth-order valence-corrected chi connectivity index (χ4v) is 5.36.